The molecule has 7 nitrogen and oxygen atoms in total. The molecule has 0 bridgehead atoms. The lowest BCUT2D eigenvalue weighted by Gasteiger charge is -2.07. The van der Waals surface area contributed by atoms with Gasteiger partial charge in [0.2, 0.25) is 0 Å². The van der Waals surface area contributed by atoms with Gasteiger partial charge in [-0.15, -0.1) is 5.10 Å². The maximum absolute atomic E-state index is 12.3. The quantitative estimate of drug-likeness (QED) is 0.745. The molecule has 2 N–H and O–H groups in total. The molecule has 0 spiro atoms. The van der Waals surface area contributed by atoms with Gasteiger partial charge in [0.1, 0.15) is 11.9 Å². The van der Waals surface area contributed by atoms with Crippen LogP contribution in [0.5, 0.6) is 0 Å². The van der Waals surface area contributed by atoms with E-state index in [1.165, 1.54) is 34.7 Å². The number of hydrogen-bond donors (Lipinski definition) is 2. The van der Waals surface area contributed by atoms with E-state index in [0.29, 0.717) is 5.76 Å². The molecule has 128 valence electrons. The van der Waals surface area contributed by atoms with Crippen molar-refractivity contribution in [1.29, 1.82) is 0 Å². The Balaban J connectivity index is 1.42. The lowest BCUT2D eigenvalue weighted by molar-refractivity contribution is 0.102. The second-order valence-electron chi connectivity index (χ2n) is 6.15. The Morgan fingerprint density at radius 3 is 3.04 bits per heavy atom. The molecule has 2 heterocycles. The van der Waals surface area contributed by atoms with Gasteiger partial charge >= 0.3 is 0 Å². The maximum Gasteiger partial charge on any atom is 0.277 e. The van der Waals surface area contributed by atoms with Crippen molar-refractivity contribution in [3.8, 4) is 0 Å². The number of hydrogen-bond acceptors (Lipinski definition) is 5. The van der Waals surface area contributed by atoms with Crippen LogP contribution in [0.15, 0.2) is 47.2 Å². The van der Waals surface area contributed by atoms with E-state index >= 15 is 0 Å². The van der Waals surface area contributed by atoms with Gasteiger partial charge in [0.15, 0.2) is 5.69 Å². The third-order valence-electron chi connectivity index (χ3n) is 4.36. The molecule has 1 aliphatic rings. The van der Waals surface area contributed by atoms with E-state index in [4.69, 9.17) is 4.42 Å². The highest BCUT2D eigenvalue weighted by molar-refractivity contribution is 6.02. The van der Waals surface area contributed by atoms with Crippen molar-refractivity contribution in [2.45, 2.75) is 31.9 Å². The minimum Gasteiger partial charge on any atom is -0.467 e. The molecular weight excluding hydrogens is 320 g/mol. The van der Waals surface area contributed by atoms with E-state index in [0.717, 1.165) is 18.5 Å². The Bertz CT molecular complexity index is 886. The highest BCUT2D eigenvalue weighted by Crippen LogP contribution is 2.25. The smallest absolute Gasteiger partial charge is 0.277 e. The zero-order chi connectivity index (χ0) is 17.2. The highest BCUT2D eigenvalue weighted by Gasteiger charge is 2.16. The normalized spacial score (nSPS) is 14.3. The molecule has 25 heavy (non-hydrogen) atoms. The van der Waals surface area contributed by atoms with Crippen molar-refractivity contribution in [2.75, 3.05) is 5.32 Å². The van der Waals surface area contributed by atoms with Crippen molar-refractivity contribution in [2.24, 2.45) is 0 Å². The number of aryl methyl sites for hydroxylation is 2. The van der Waals surface area contributed by atoms with E-state index in [9.17, 15) is 9.90 Å². The Hall–Kier alpha value is -2.93. The third-order valence-corrected chi connectivity index (χ3v) is 4.36. The third kappa shape index (κ3) is 3.32. The summed E-state index contributed by atoms with van der Waals surface area (Å²) in [6, 6.07) is 9.38. The summed E-state index contributed by atoms with van der Waals surface area (Å²) in [6.07, 6.45) is 5.49. The number of aliphatic hydroxyl groups is 1. The molecule has 0 saturated heterocycles. The van der Waals surface area contributed by atoms with Crippen molar-refractivity contribution in [3.63, 3.8) is 0 Å². The summed E-state index contributed by atoms with van der Waals surface area (Å²) in [5.41, 5.74) is 3.61. The number of nitrogens with one attached hydrogen (secondary N) is 1. The fourth-order valence-corrected chi connectivity index (χ4v) is 3.08. The predicted molar refractivity (Wildman–Crippen MR) is 90.1 cm³/mol. The molecule has 7 heteroatoms. The van der Waals surface area contributed by atoms with Crippen LogP contribution in [0.2, 0.25) is 0 Å². The van der Waals surface area contributed by atoms with E-state index in [1.807, 2.05) is 12.1 Å². The van der Waals surface area contributed by atoms with Crippen LogP contribution in [0, 0.1) is 0 Å². The molecule has 0 radical (unpaired) electrons. The second kappa shape index (κ2) is 6.52. The minimum absolute atomic E-state index is 0.159. The number of rotatable bonds is 5. The molecule has 0 saturated carbocycles. The summed E-state index contributed by atoms with van der Waals surface area (Å²) < 4.78 is 6.57. The molecular formula is C18H18N4O3. The first-order valence-electron chi connectivity index (χ1n) is 8.24. The van der Waals surface area contributed by atoms with Crippen LogP contribution in [0.25, 0.3) is 0 Å². The fraction of sp³-hybridized carbons (Fsp3) is 0.278. The van der Waals surface area contributed by atoms with Gasteiger partial charge in [0.25, 0.3) is 5.91 Å². The van der Waals surface area contributed by atoms with Crippen LogP contribution >= 0.6 is 0 Å². The lowest BCUT2D eigenvalue weighted by atomic mass is 10.1. The first-order valence-corrected chi connectivity index (χ1v) is 8.24. The Kier molecular flexibility index (Phi) is 4.07. The Morgan fingerprint density at radius 1 is 1.32 bits per heavy atom. The van der Waals surface area contributed by atoms with E-state index in [-0.39, 0.29) is 18.1 Å². The van der Waals surface area contributed by atoms with E-state index in [1.54, 1.807) is 12.1 Å². The molecule has 1 unspecified atom stereocenters. The molecule has 3 aromatic rings. The second-order valence-corrected chi connectivity index (χ2v) is 6.15. The van der Waals surface area contributed by atoms with Gasteiger partial charge in [-0.2, -0.15) is 0 Å². The number of carbonyl (C=O) groups is 1. The van der Waals surface area contributed by atoms with Gasteiger partial charge in [-0.25, -0.2) is 4.68 Å². The predicted octanol–water partition coefficient (Wildman–Crippen LogP) is 2.35. The number of anilines is 1. The van der Waals surface area contributed by atoms with Crippen molar-refractivity contribution in [3.05, 3.63) is 65.4 Å². The average molecular weight is 338 g/mol. The molecule has 0 aliphatic heterocycles. The number of amides is 1. The summed E-state index contributed by atoms with van der Waals surface area (Å²) in [6.45, 7) is 0.159. The van der Waals surface area contributed by atoms with Gasteiger partial charge in [-0.3, -0.25) is 4.79 Å². The van der Waals surface area contributed by atoms with Gasteiger partial charge in [0, 0.05) is 5.69 Å². The van der Waals surface area contributed by atoms with Gasteiger partial charge in [-0.1, -0.05) is 11.3 Å². The van der Waals surface area contributed by atoms with Crippen LogP contribution in [0.1, 0.15) is 39.9 Å². The monoisotopic (exact) mass is 338 g/mol. The molecule has 1 aromatic carbocycles. The van der Waals surface area contributed by atoms with Gasteiger partial charge < -0.3 is 14.8 Å². The van der Waals surface area contributed by atoms with E-state index < -0.39 is 6.10 Å². The average Bonchev–Trinajstić information content (AvgIpc) is 3.35. The van der Waals surface area contributed by atoms with Crippen LogP contribution in [0.3, 0.4) is 0 Å². The Labute approximate surface area is 144 Å². The molecule has 1 amide bonds. The standard InChI is InChI=1S/C18H18N4O3/c23-16(17-5-2-8-25-17)11-22-10-15(20-21-22)18(24)19-14-7-6-12-3-1-4-13(12)9-14/h2,5-10,16,23H,1,3-4,11H2,(H,19,24). The molecule has 1 atom stereocenters. The summed E-state index contributed by atoms with van der Waals surface area (Å²) in [4.78, 5) is 12.3. The summed E-state index contributed by atoms with van der Waals surface area (Å²) >= 11 is 0. The van der Waals surface area contributed by atoms with Crippen LogP contribution < -0.4 is 5.32 Å². The highest BCUT2D eigenvalue weighted by atomic mass is 16.4. The number of nitrogens with zero attached hydrogens (tertiary/aromatic N) is 3. The lowest BCUT2D eigenvalue weighted by Crippen LogP contribution is -2.13. The number of furan rings is 1. The number of aliphatic hydroxyl groups excluding tert-OH is 1. The molecule has 0 fully saturated rings. The fourth-order valence-electron chi connectivity index (χ4n) is 3.08. The van der Waals surface area contributed by atoms with Crippen LogP contribution in [0.4, 0.5) is 5.69 Å². The number of aromatic nitrogens is 3. The zero-order valence-electron chi connectivity index (χ0n) is 13.6. The largest absolute Gasteiger partial charge is 0.467 e. The Morgan fingerprint density at radius 2 is 2.20 bits per heavy atom. The summed E-state index contributed by atoms with van der Waals surface area (Å²) in [5, 5.41) is 20.7. The minimum atomic E-state index is -0.843. The zero-order valence-corrected chi connectivity index (χ0v) is 13.6. The maximum atomic E-state index is 12.3. The number of carbonyl (C=O) groups excluding carboxylic acids is 1. The van der Waals surface area contributed by atoms with Crippen molar-refractivity contribution >= 4 is 11.6 Å². The van der Waals surface area contributed by atoms with Gasteiger partial charge in [-0.05, 0) is 54.7 Å². The SMILES string of the molecule is O=C(Nc1ccc2c(c1)CCC2)c1cn(CC(O)c2ccco2)nn1. The summed E-state index contributed by atoms with van der Waals surface area (Å²) in [7, 11) is 0. The molecule has 2 aromatic heterocycles. The topological polar surface area (TPSA) is 93.2 Å². The van der Waals surface area contributed by atoms with Crippen molar-refractivity contribution in [1.82, 2.24) is 15.0 Å². The van der Waals surface area contributed by atoms with E-state index in [2.05, 4.69) is 21.7 Å². The van der Waals surface area contributed by atoms with Crippen LogP contribution in [-0.2, 0) is 19.4 Å². The number of benzene rings is 1. The molecule has 1 aliphatic carbocycles. The number of fused-ring (bicyclic) bond motifs is 1. The first-order chi connectivity index (χ1) is 12.2. The van der Waals surface area contributed by atoms with Crippen LogP contribution in [-0.4, -0.2) is 26.0 Å². The summed E-state index contributed by atoms with van der Waals surface area (Å²) in [5.74, 6) is 0.122. The van der Waals surface area contributed by atoms with Crippen molar-refractivity contribution < 1.29 is 14.3 Å². The molecule has 4 rings (SSSR count). The first kappa shape index (κ1) is 15.6. The van der Waals surface area contributed by atoms with Gasteiger partial charge in [0.05, 0.1) is 19.0 Å².